The van der Waals surface area contributed by atoms with Gasteiger partial charge in [-0.05, 0) is 23.7 Å². The van der Waals surface area contributed by atoms with Crippen LogP contribution < -0.4 is 0 Å². The molecule has 1 aromatic carbocycles. The molecular formula is C9H5ClFN3O. The van der Waals surface area contributed by atoms with Gasteiger partial charge in [0.2, 0.25) is 0 Å². The third kappa shape index (κ3) is 1.73. The van der Waals surface area contributed by atoms with E-state index in [-0.39, 0.29) is 11.3 Å². The minimum absolute atomic E-state index is 0.222. The van der Waals surface area contributed by atoms with Crippen LogP contribution in [0.25, 0.3) is 5.69 Å². The second kappa shape index (κ2) is 3.78. The Morgan fingerprint density at radius 2 is 2.00 bits per heavy atom. The van der Waals surface area contributed by atoms with E-state index >= 15 is 0 Å². The normalized spacial score (nSPS) is 10.3. The number of hydrogen-bond acceptors (Lipinski definition) is 3. The molecule has 0 saturated heterocycles. The lowest BCUT2D eigenvalue weighted by Gasteiger charge is -2.04. The number of aromatic nitrogens is 3. The monoisotopic (exact) mass is 225 g/mol. The molecule has 15 heavy (non-hydrogen) atoms. The smallest absolute Gasteiger partial charge is 0.257 e. The van der Waals surface area contributed by atoms with Crippen molar-refractivity contribution in [3.05, 3.63) is 42.0 Å². The molecule has 0 N–H and O–H groups in total. The van der Waals surface area contributed by atoms with Crippen LogP contribution in [0.1, 0.15) is 10.4 Å². The quantitative estimate of drug-likeness (QED) is 0.732. The first-order chi connectivity index (χ1) is 7.20. The Morgan fingerprint density at radius 1 is 1.33 bits per heavy atom. The molecule has 0 aliphatic carbocycles. The summed E-state index contributed by atoms with van der Waals surface area (Å²) in [5.74, 6) is -0.690. The van der Waals surface area contributed by atoms with Gasteiger partial charge in [0.15, 0.2) is 0 Å². The van der Waals surface area contributed by atoms with Crippen molar-refractivity contribution < 1.29 is 9.18 Å². The highest BCUT2D eigenvalue weighted by molar-refractivity contribution is 6.68. The van der Waals surface area contributed by atoms with Crippen molar-refractivity contribution >= 4 is 16.8 Å². The van der Waals surface area contributed by atoms with Crippen molar-refractivity contribution in [2.24, 2.45) is 0 Å². The summed E-state index contributed by atoms with van der Waals surface area (Å²) in [6.07, 6.45) is 2.85. The number of nitrogens with zero attached hydrogens (tertiary/aromatic N) is 3. The predicted octanol–water partition coefficient (Wildman–Crippen LogP) is 1.79. The number of carbonyl (C=O) groups excluding carboxylic acids is 1. The fourth-order valence-electron chi connectivity index (χ4n) is 1.21. The Labute approximate surface area is 89.3 Å². The minimum Gasteiger partial charge on any atom is -0.275 e. The Kier molecular flexibility index (Phi) is 2.47. The molecule has 0 saturated carbocycles. The number of rotatable bonds is 2. The average molecular weight is 226 g/mol. The summed E-state index contributed by atoms with van der Waals surface area (Å²) in [5, 5.41) is 6.72. The summed E-state index contributed by atoms with van der Waals surface area (Å²) in [4.78, 5) is 12.2. The molecule has 1 heterocycles. The van der Waals surface area contributed by atoms with Crippen molar-refractivity contribution in [2.75, 3.05) is 0 Å². The Bertz CT molecular complexity index is 498. The summed E-state index contributed by atoms with van der Waals surface area (Å²) < 4.78 is 13.3. The van der Waals surface area contributed by atoms with Crippen LogP contribution in [-0.2, 0) is 0 Å². The van der Waals surface area contributed by atoms with Gasteiger partial charge in [-0.2, -0.15) is 15.0 Å². The summed E-state index contributed by atoms with van der Waals surface area (Å²) in [5.41, 5.74) is -0.00429. The number of carbonyl (C=O) groups is 1. The van der Waals surface area contributed by atoms with E-state index in [0.29, 0.717) is 0 Å². The summed E-state index contributed by atoms with van der Waals surface area (Å²) >= 11 is 5.28. The third-order valence-corrected chi connectivity index (χ3v) is 2.01. The maximum Gasteiger partial charge on any atom is 0.257 e. The predicted molar refractivity (Wildman–Crippen MR) is 51.5 cm³/mol. The number of benzene rings is 1. The molecule has 76 valence electrons. The summed E-state index contributed by atoms with van der Waals surface area (Å²) in [6, 6.07) is 4.12. The standard InChI is InChI=1S/C9H5ClFN3O/c10-9(15)8-6(11)2-1-3-7(8)14-12-4-5-13-14/h1-5H. The van der Waals surface area contributed by atoms with Gasteiger partial charge in [0.25, 0.3) is 5.24 Å². The molecule has 2 rings (SSSR count). The van der Waals surface area contributed by atoms with E-state index < -0.39 is 11.1 Å². The van der Waals surface area contributed by atoms with Crippen LogP contribution in [0.15, 0.2) is 30.6 Å². The molecule has 0 spiro atoms. The summed E-state index contributed by atoms with van der Waals surface area (Å²) in [7, 11) is 0. The first-order valence-corrected chi connectivity index (χ1v) is 4.43. The zero-order valence-corrected chi connectivity index (χ0v) is 8.15. The Morgan fingerprint density at radius 3 is 2.60 bits per heavy atom. The first kappa shape index (κ1) is 9.79. The van der Waals surface area contributed by atoms with Crippen LogP contribution in [-0.4, -0.2) is 20.2 Å². The highest BCUT2D eigenvalue weighted by Crippen LogP contribution is 2.18. The van der Waals surface area contributed by atoms with Gasteiger partial charge in [-0.25, -0.2) is 4.39 Å². The van der Waals surface area contributed by atoms with E-state index in [0.717, 1.165) is 10.9 Å². The van der Waals surface area contributed by atoms with Gasteiger partial charge in [0.05, 0.1) is 18.0 Å². The third-order valence-electron chi connectivity index (χ3n) is 1.82. The SMILES string of the molecule is O=C(Cl)c1c(F)cccc1-n1nccn1. The fourth-order valence-corrected chi connectivity index (χ4v) is 1.40. The molecule has 0 unspecified atom stereocenters. The van der Waals surface area contributed by atoms with Crippen LogP contribution in [0.5, 0.6) is 0 Å². The van der Waals surface area contributed by atoms with Gasteiger partial charge in [0, 0.05) is 0 Å². The molecule has 4 nitrogen and oxygen atoms in total. The van der Waals surface area contributed by atoms with Crippen molar-refractivity contribution in [1.29, 1.82) is 0 Å². The van der Waals surface area contributed by atoms with Crippen LogP contribution >= 0.6 is 11.6 Å². The average Bonchev–Trinajstić information content (AvgIpc) is 2.69. The fraction of sp³-hybridized carbons (Fsp3) is 0. The lowest BCUT2D eigenvalue weighted by molar-refractivity contribution is 0.107. The second-order valence-corrected chi connectivity index (χ2v) is 3.07. The molecule has 0 fully saturated rings. The zero-order valence-electron chi connectivity index (χ0n) is 7.39. The van der Waals surface area contributed by atoms with E-state index in [2.05, 4.69) is 10.2 Å². The van der Waals surface area contributed by atoms with Gasteiger partial charge >= 0.3 is 0 Å². The van der Waals surface area contributed by atoms with Gasteiger partial charge in [-0.3, -0.25) is 4.79 Å². The van der Waals surface area contributed by atoms with E-state index in [1.54, 1.807) is 0 Å². The van der Waals surface area contributed by atoms with Crippen molar-refractivity contribution in [2.45, 2.75) is 0 Å². The van der Waals surface area contributed by atoms with Crippen LogP contribution in [0, 0.1) is 5.82 Å². The van der Waals surface area contributed by atoms with Gasteiger partial charge in [0.1, 0.15) is 11.5 Å². The molecule has 0 atom stereocenters. The first-order valence-electron chi connectivity index (χ1n) is 4.05. The Balaban J connectivity index is 2.66. The van der Waals surface area contributed by atoms with E-state index in [9.17, 15) is 9.18 Å². The largest absolute Gasteiger partial charge is 0.275 e. The highest BCUT2D eigenvalue weighted by atomic mass is 35.5. The second-order valence-electron chi connectivity index (χ2n) is 2.73. The zero-order chi connectivity index (χ0) is 10.8. The lowest BCUT2D eigenvalue weighted by atomic mass is 10.2. The topological polar surface area (TPSA) is 47.8 Å². The maximum atomic E-state index is 13.3. The molecule has 2 aromatic rings. The van der Waals surface area contributed by atoms with Crippen LogP contribution in [0.4, 0.5) is 4.39 Å². The highest BCUT2D eigenvalue weighted by Gasteiger charge is 2.16. The molecule has 0 amide bonds. The molecule has 0 radical (unpaired) electrons. The molecular weight excluding hydrogens is 221 g/mol. The number of hydrogen-bond donors (Lipinski definition) is 0. The van der Waals surface area contributed by atoms with E-state index in [1.807, 2.05) is 0 Å². The van der Waals surface area contributed by atoms with Crippen molar-refractivity contribution in [3.8, 4) is 5.69 Å². The summed E-state index contributed by atoms with van der Waals surface area (Å²) in [6.45, 7) is 0. The molecule has 0 aliphatic rings. The molecule has 1 aromatic heterocycles. The van der Waals surface area contributed by atoms with Crippen molar-refractivity contribution in [3.63, 3.8) is 0 Å². The lowest BCUT2D eigenvalue weighted by Crippen LogP contribution is -2.07. The molecule has 6 heteroatoms. The molecule has 0 bridgehead atoms. The molecule has 0 aliphatic heterocycles. The van der Waals surface area contributed by atoms with Gasteiger partial charge in [-0.15, -0.1) is 0 Å². The van der Waals surface area contributed by atoms with E-state index in [4.69, 9.17) is 11.6 Å². The van der Waals surface area contributed by atoms with Gasteiger partial charge in [-0.1, -0.05) is 6.07 Å². The van der Waals surface area contributed by atoms with E-state index in [1.165, 1.54) is 24.5 Å². The van der Waals surface area contributed by atoms with Gasteiger partial charge < -0.3 is 0 Å². The minimum atomic E-state index is -0.875. The maximum absolute atomic E-state index is 13.3. The number of halogens is 2. The van der Waals surface area contributed by atoms with Crippen LogP contribution in [0.2, 0.25) is 0 Å². The Hall–Kier alpha value is -1.75. The van der Waals surface area contributed by atoms with Crippen molar-refractivity contribution in [1.82, 2.24) is 15.0 Å². The van der Waals surface area contributed by atoms with Crippen LogP contribution in [0.3, 0.4) is 0 Å².